The summed E-state index contributed by atoms with van der Waals surface area (Å²) >= 11 is 2.32. The molecule has 112 valence electrons. The molecule has 3 rings (SSSR count). The minimum absolute atomic E-state index is 0.0232. The molecule has 1 unspecified atom stereocenters. The number of allylic oxidation sites excluding steroid dienone is 4. The highest BCUT2D eigenvalue weighted by Gasteiger charge is 2.47. The van der Waals surface area contributed by atoms with E-state index in [1.165, 1.54) is 5.57 Å². The van der Waals surface area contributed by atoms with E-state index in [0.717, 1.165) is 22.2 Å². The number of ether oxygens (including phenoxy) is 1. The fourth-order valence-electron chi connectivity index (χ4n) is 2.95. The van der Waals surface area contributed by atoms with Gasteiger partial charge in [-0.05, 0) is 59.8 Å². The summed E-state index contributed by atoms with van der Waals surface area (Å²) in [6.07, 6.45) is 10.4. The van der Waals surface area contributed by atoms with Gasteiger partial charge in [0.05, 0.1) is 18.9 Å². The minimum Gasteiger partial charge on any atom is -0.466 e. The number of nitrogens with zero attached hydrogens (tertiary/aromatic N) is 2. The van der Waals surface area contributed by atoms with E-state index in [2.05, 4.69) is 45.8 Å². The first-order chi connectivity index (χ1) is 10.1. The molecular formula is C16H19IN2O2. The van der Waals surface area contributed by atoms with Crippen LogP contribution in [0.2, 0.25) is 0 Å². The second-order valence-electron chi connectivity index (χ2n) is 5.67. The molecule has 2 aliphatic carbocycles. The Morgan fingerprint density at radius 1 is 1.57 bits per heavy atom. The van der Waals surface area contributed by atoms with Crippen molar-refractivity contribution in [3.8, 4) is 0 Å². The van der Waals surface area contributed by atoms with Gasteiger partial charge in [0.2, 0.25) is 0 Å². The van der Waals surface area contributed by atoms with Crippen molar-refractivity contribution in [3.63, 3.8) is 0 Å². The Kier molecular flexibility index (Phi) is 4.19. The third-order valence-corrected chi connectivity index (χ3v) is 5.52. The van der Waals surface area contributed by atoms with Crippen molar-refractivity contribution < 1.29 is 9.53 Å². The maximum atomic E-state index is 11.7. The Balaban J connectivity index is 1.63. The SMILES string of the molecule is CCOC(=O)[C@H]1C[C@@H]1C1C=CC(c2ncn(C)c2I)=CC1. The normalized spacial score (nSPS) is 27.4. The van der Waals surface area contributed by atoms with Crippen molar-refractivity contribution in [2.45, 2.75) is 19.8 Å². The van der Waals surface area contributed by atoms with Crippen LogP contribution in [0.1, 0.15) is 25.5 Å². The van der Waals surface area contributed by atoms with E-state index < -0.39 is 0 Å². The lowest BCUT2D eigenvalue weighted by Crippen LogP contribution is -2.11. The summed E-state index contributed by atoms with van der Waals surface area (Å²) in [7, 11) is 2.00. The van der Waals surface area contributed by atoms with Crippen LogP contribution in [0.25, 0.3) is 5.57 Å². The number of imidazole rings is 1. The first-order valence-corrected chi connectivity index (χ1v) is 8.41. The first kappa shape index (κ1) is 14.8. The van der Waals surface area contributed by atoms with Crippen molar-refractivity contribution >= 4 is 34.1 Å². The Morgan fingerprint density at radius 2 is 2.38 bits per heavy atom. The van der Waals surface area contributed by atoms with Crippen LogP contribution in [0, 0.1) is 21.5 Å². The number of aromatic nitrogens is 2. The van der Waals surface area contributed by atoms with Crippen LogP contribution in [-0.2, 0) is 16.6 Å². The molecule has 1 saturated carbocycles. The summed E-state index contributed by atoms with van der Waals surface area (Å²) in [6, 6.07) is 0. The average molecular weight is 398 g/mol. The van der Waals surface area contributed by atoms with E-state index in [4.69, 9.17) is 4.74 Å². The topological polar surface area (TPSA) is 44.1 Å². The molecule has 0 spiro atoms. The van der Waals surface area contributed by atoms with Gasteiger partial charge in [0.1, 0.15) is 9.39 Å². The summed E-state index contributed by atoms with van der Waals surface area (Å²) in [4.78, 5) is 16.2. The number of hydrogen-bond acceptors (Lipinski definition) is 3. The van der Waals surface area contributed by atoms with Crippen LogP contribution in [-0.4, -0.2) is 22.1 Å². The van der Waals surface area contributed by atoms with Crippen LogP contribution in [0.5, 0.6) is 0 Å². The lowest BCUT2D eigenvalue weighted by molar-refractivity contribution is -0.145. The summed E-state index contributed by atoms with van der Waals surface area (Å²) in [5, 5.41) is 0. The molecule has 0 aliphatic heterocycles. The van der Waals surface area contributed by atoms with Crippen LogP contribution >= 0.6 is 22.6 Å². The predicted molar refractivity (Wildman–Crippen MR) is 89.4 cm³/mol. The maximum absolute atomic E-state index is 11.7. The summed E-state index contributed by atoms with van der Waals surface area (Å²) in [5.41, 5.74) is 2.23. The average Bonchev–Trinajstić information content (AvgIpc) is 3.22. The third kappa shape index (κ3) is 2.93. The number of carbonyl (C=O) groups is 1. The van der Waals surface area contributed by atoms with Gasteiger partial charge in [-0.2, -0.15) is 0 Å². The second-order valence-corrected chi connectivity index (χ2v) is 6.69. The summed E-state index contributed by atoms with van der Waals surface area (Å²) in [6.45, 7) is 2.34. The Hall–Kier alpha value is -1.11. The molecule has 4 nitrogen and oxygen atoms in total. The molecule has 1 aromatic rings. The molecule has 0 bridgehead atoms. The predicted octanol–water partition coefficient (Wildman–Crippen LogP) is 3.18. The molecule has 0 N–H and O–H groups in total. The number of aryl methyl sites for hydroxylation is 1. The monoisotopic (exact) mass is 398 g/mol. The fourth-order valence-corrected chi connectivity index (χ4v) is 3.52. The van der Waals surface area contributed by atoms with E-state index in [1.807, 2.05) is 24.9 Å². The molecular weight excluding hydrogens is 379 g/mol. The molecule has 1 heterocycles. The molecule has 5 heteroatoms. The highest BCUT2D eigenvalue weighted by molar-refractivity contribution is 14.1. The largest absolute Gasteiger partial charge is 0.466 e. The number of halogens is 1. The van der Waals surface area contributed by atoms with Crippen LogP contribution < -0.4 is 0 Å². The zero-order valence-electron chi connectivity index (χ0n) is 12.3. The van der Waals surface area contributed by atoms with E-state index in [0.29, 0.717) is 18.4 Å². The van der Waals surface area contributed by atoms with Gasteiger partial charge in [0.25, 0.3) is 0 Å². The van der Waals surface area contributed by atoms with Gasteiger partial charge in [-0.1, -0.05) is 18.2 Å². The second kappa shape index (κ2) is 5.94. The first-order valence-electron chi connectivity index (χ1n) is 7.34. The van der Waals surface area contributed by atoms with Gasteiger partial charge in [-0.15, -0.1) is 0 Å². The molecule has 3 atom stereocenters. The van der Waals surface area contributed by atoms with E-state index >= 15 is 0 Å². The van der Waals surface area contributed by atoms with Gasteiger partial charge in [0.15, 0.2) is 0 Å². The maximum Gasteiger partial charge on any atom is 0.309 e. The number of carbonyl (C=O) groups excluding carboxylic acids is 1. The highest BCUT2D eigenvalue weighted by Crippen LogP contribution is 2.48. The number of esters is 1. The van der Waals surface area contributed by atoms with Crippen LogP contribution in [0.4, 0.5) is 0 Å². The standard InChI is InChI=1S/C16H19IN2O2/c1-3-21-16(20)13-8-12(13)10-4-6-11(7-5-10)14-15(17)19(2)9-18-14/h4,6-7,9-10,12-13H,3,5,8H2,1-2H3/t10?,12-,13+/m1/s1. The summed E-state index contributed by atoms with van der Waals surface area (Å²) < 4.78 is 8.28. The fraction of sp³-hybridized carbons (Fsp3) is 0.500. The third-order valence-electron chi connectivity index (χ3n) is 4.25. The van der Waals surface area contributed by atoms with Crippen LogP contribution in [0.3, 0.4) is 0 Å². The van der Waals surface area contributed by atoms with Gasteiger partial charge >= 0.3 is 5.97 Å². The molecule has 0 amide bonds. The lowest BCUT2D eigenvalue weighted by atomic mass is 9.91. The van der Waals surface area contributed by atoms with Gasteiger partial charge in [-0.3, -0.25) is 4.79 Å². The molecule has 1 aromatic heterocycles. The van der Waals surface area contributed by atoms with Crippen LogP contribution in [0.15, 0.2) is 24.6 Å². The molecule has 1 fully saturated rings. The van der Waals surface area contributed by atoms with Crippen molar-refractivity contribution in [1.29, 1.82) is 0 Å². The van der Waals surface area contributed by atoms with E-state index in [1.54, 1.807) is 0 Å². The highest BCUT2D eigenvalue weighted by atomic mass is 127. The molecule has 0 aromatic carbocycles. The van der Waals surface area contributed by atoms with Gasteiger partial charge < -0.3 is 9.30 Å². The molecule has 0 saturated heterocycles. The van der Waals surface area contributed by atoms with E-state index in [9.17, 15) is 4.79 Å². The zero-order chi connectivity index (χ0) is 15.0. The smallest absolute Gasteiger partial charge is 0.309 e. The Labute approximate surface area is 138 Å². The number of rotatable bonds is 4. The molecule has 21 heavy (non-hydrogen) atoms. The van der Waals surface area contributed by atoms with Crippen molar-refractivity contribution in [3.05, 3.63) is 33.9 Å². The van der Waals surface area contributed by atoms with Gasteiger partial charge in [-0.25, -0.2) is 4.98 Å². The Morgan fingerprint density at radius 3 is 2.95 bits per heavy atom. The minimum atomic E-state index is -0.0232. The molecule has 0 radical (unpaired) electrons. The Bertz CT molecular complexity index is 618. The van der Waals surface area contributed by atoms with E-state index in [-0.39, 0.29) is 11.9 Å². The van der Waals surface area contributed by atoms with Gasteiger partial charge in [0, 0.05) is 7.05 Å². The molecule has 2 aliphatic rings. The summed E-state index contributed by atoms with van der Waals surface area (Å²) in [5.74, 6) is 1.01. The zero-order valence-corrected chi connectivity index (χ0v) is 14.4. The quantitative estimate of drug-likeness (QED) is 0.578. The lowest BCUT2D eigenvalue weighted by Gasteiger charge is -2.15. The van der Waals surface area contributed by atoms with Crippen molar-refractivity contribution in [2.24, 2.45) is 24.8 Å². The van der Waals surface area contributed by atoms with Crippen molar-refractivity contribution in [2.75, 3.05) is 6.61 Å². The van der Waals surface area contributed by atoms with Crippen molar-refractivity contribution in [1.82, 2.24) is 9.55 Å². The number of hydrogen-bond donors (Lipinski definition) is 0.